The summed E-state index contributed by atoms with van der Waals surface area (Å²) in [6.45, 7) is 10.5. The van der Waals surface area contributed by atoms with Crippen molar-refractivity contribution in [2.24, 2.45) is 17.3 Å². The van der Waals surface area contributed by atoms with Crippen molar-refractivity contribution in [1.82, 2.24) is 4.90 Å². The Morgan fingerprint density at radius 2 is 1.36 bits per heavy atom. The summed E-state index contributed by atoms with van der Waals surface area (Å²) in [5.74, 6) is -3.70. The van der Waals surface area contributed by atoms with Crippen LogP contribution in [0.4, 0.5) is 22.0 Å². The molecule has 2 aliphatic rings. The number of piperidine rings is 1. The maximum atomic E-state index is 14.2. The lowest BCUT2D eigenvalue weighted by atomic mass is 9.65. The summed E-state index contributed by atoms with van der Waals surface area (Å²) < 4.78 is 69.3. The van der Waals surface area contributed by atoms with E-state index in [1.807, 2.05) is 39.5 Å². The van der Waals surface area contributed by atoms with E-state index in [2.05, 4.69) is 0 Å². The van der Waals surface area contributed by atoms with Gasteiger partial charge in [0.2, 0.25) is 0 Å². The number of carbonyl (C=O) groups excluding carboxylic acids is 1. The van der Waals surface area contributed by atoms with Crippen LogP contribution in [0, 0.1) is 17.3 Å². The van der Waals surface area contributed by atoms with Gasteiger partial charge in [0, 0.05) is 18.0 Å². The molecule has 0 N–H and O–H groups in total. The van der Waals surface area contributed by atoms with Gasteiger partial charge in [-0.3, -0.25) is 9.69 Å². The lowest BCUT2D eigenvalue weighted by Crippen LogP contribution is -2.60. The number of hydrogen-bond donors (Lipinski definition) is 0. The van der Waals surface area contributed by atoms with Gasteiger partial charge >= 0.3 is 0 Å². The molecule has 1 aliphatic heterocycles. The minimum atomic E-state index is -2.88. The fraction of sp³-hybridized carbons (Fsp3) is 0.944. The van der Waals surface area contributed by atoms with E-state index in [0.717, 1.165) is 0 Å². The van der Waals surface area contributed by atoms with E-state index < -0.39 is 53.9 Å². The van der Waals surface area contributed by atoms with Crippen LogP contribution in [0.1, 0.15) is 41.0 Å². The zero-order valence-electron chi connectivity index (χ0n) is 15.4. The van der Waals surface area contributed by atoms with E-state index in [0.29, 0.717) is 13.0 Å². The van der Waals surface area contributed by atoms with Crippen LogP contribution in [0.15, 0.2) is 0 Å². The molecule has 2 rings (SSSR count). The molecule has 0 spiro atoms. The lowest BCUT2D eigenvalue weighted by molar-refractivity contribution is -0.152. The summed E-state index contributed by atoms with van der Waals surface area (Å²) in [5, 5.41) is 0. The molecule has 0 aromatic rings. The summed E-state index contributed by atoms with van der Waals surface area (Å²) >= 11 is 0. The Kier molecular flexibility index (Phi) is 5.59. The minimum absolute atomic E-state index is 0.249. The number of rotatable bonds is 2. The summed E-state index contributed by atoms with van der Waals surface area (Å²) in [6, 6.07) is 0. The quantitative estimate of drug-likeness (QED) is 0.685. The fourth-order valence-corrected chi connectivity index (χ4v) is 3.89. The van der Waals surface area contributed by atoms with Gasteiger partial charge in [0.05, 0.1) is 5.92 Å². The summed E-state index contributed by atoms with van der Waals surface area (Å²) in [6.07, 6.45) is -13.2. The largest absolute Gasteiger partial charge is 0.299 e. The van der Waals surface area contributed by atoms with Crippen LogP contribution in [0.25, 0.3) is 0 Å². The van der Waals surface area contributed by atoms with Gasteiger partial charge in [-0.25, -0.2) is 22.0 Å². The molecular formula is C18H28F5NO. The van der Waals surface area contributed by atoms with Crippen molar-refractivity contribution in [2.45, 2.75) is 77.4 Å². The normalized spacial score (nSPS) is 43.0. The number of alkyl halides is 5. The van der Waals surface area contributed by atoms with Crippen molar-refractivity contribution in [3.63, 3.8) is 0 Å². The Morgan fingerprint density at radius 1 is 0.920 bits per heavy atom. The zero-order valence-corrected chi connectivity index (χ0v) is 15.4. The maximum absolute atomic E-state index is 14.2. The first kappa shape index (κ1) is 20.6. The Bertz CT molecular complexity index is 490. The molecule has 0 radical (unpaired) electrons. The van der Waals surface area contributed by atoms with Gasteiger partial charge in [-0.05, 0) is 39.2 Å². The molecule has 5 unspecified atom stereocenters. The third-order valence-electron chi connectivity index (χ3n) is 5.90. The first-order valence-electron chi connectivity index (χ1n) is 8.78. The monoisotopic (exact) mass is 369 g/mol. The van der Waals surface area contributed by atoms with Crippen molar-refractivity contribution in [2.75, 3.05) is 13.1 Å². The molecule has 25 heavy (non-hydrogen) atoms. The Hall–Kier alpha value is -0.720. The highest BCUT2D eigenvalue weighted by Crippen LogP contribution is 2.44. The molecule has 1 saturated carbocycles. The lowest BCUT2D eigenvalue weighted by Gasteiger charge is -2.49. The van der Waals surface area contributed by atoms with Crippen LogP contribution in [-0.4, -0.2) is 60.2 Å². The SMILES string of the molecule is CC1(C)CCN(C(C)(C)C)CC1C(=O)C1C(F)C(F)C(F)C(F)C1F. The molecule has 0 amide bonds. The van der Waals surface area contributed by atoms with Crippen LogP contribution in [0.3, 0.4) is 0 Å². The molecule has 5 atom stereocenters. The van der Waals surface area contributed by atoms with E-state index in [1.54, 1.807) is 0 Å². The highest BCUT2D eigenvalue weighted by Gasteiger charge is 2.58. The minimum Gasteiger partial charge on any atom is -0.299 e. The molecule has 146 valence electrons. The molecule has 0 aromatic carbocycles. The second-order valence-electron chi connectivity index (χ2n) is 9.06. The third kappa shape index (κ3) is 3.71. The number of halogens is 5. The second kappa shape index (κ2) is 6.78. The van der Waals surface area contributed by atoms with E-state index in [4.69, 9.17) is 0 Å². The Labute approximate surface area is 146 Å². The van der Waals surface area contributed by atoms with Crippen LogP contribution < -0.4 is 0 Å². The second-order valence-corrected chi connectivity index (χ2v) is 9.06. The van der Waals surface area contributed by atoms with Gasteiger partial charge in [-0.15, -0.1) is 0 Å². The molecule has 7 heteroatoms. The van der Waals surface area contributed by atoms with Gasteiger partial charge in [0.1, 0.15) is 18.1 Å². The average molecular weight is 369 g/mol. The molecule has 0 bridgehead atoms. The van der Waals surface area contributed by atoms with E-state index in [-0.39, 0.29) is 12.1 Å². The van der Waals surface area contributed by atoms with Crippen LogP contribution in [0.2, 0.25) is 0 Å². The standard InChI is InChI=1S/C18H28F5NO/c1-17(2,3)24-7-6-18(4,5)9(8-24)16(25)10-11(19)13(21)15(23)14(22)12(10)20/h9-15H,6-8H2,1-5H3. The van der Waals surface area contributed by atoms with Crippen molar-refractivity contribution < 1.29 is 26.7 Å². The molecule has 2 nitrogen and oxygen atoms in total. The van der Waals surface area contributed by atoms with Gasteiger partial charge in [-0.1, -0.05) is 13.8 Å². The van der Waals surface area contributed by atoms with E-state index >= 15 is 0 Å². The van der Waals surface area contributed by atoms with Crippen LogP contribution in [0.5, 0.6) is 0 Å². The smallest absolute Gasteiger partial charge is 0.168 e. The number of Topliss-reactive ketones (excluding diaryl/α,β-unsaturated/α-hetero) is 1. The molecule has 1 heterocycles. The maximum Gasteiger partial charge on any atom is 0.168 e. The average Bonchev–Trinajstić information content (AvgIpc) is 2.49. The molecule has 2 fully saturated rings. The van der Waals surface area contributed by atoms with E-state index in [9.17, 15) is 26.7 Å². The third-order valence-corrected chi connectivity index (χ3v) is 5.90. The highest BCUT2D eigenvalue weighted by atomic mass is 19.2. The van der Waals surface area contributed by atoms with Crippen molar-refractivity contribution >= 4 is 5.78 Å². The number of hydrogen-bond acceptors (Lipinski definition) is 2. The van der Waals surface area contributed by atoms with Gasteiger partial charge in [-0.2, -0.15) is 0 Å². The number of carbonyl (C=O) groups is 1. The molecule has 1 saturated heterocycles. The number of ketones is 1. The number of nitrogens with zero attached hydrogens (tertiary/aromatic N) is 1. The number of likely N-dealkylation sites (tertiary alicyclic amines) is 1. The predicted octanol–water partition coefficient (Wildman–Crippen LogP) is 4.02. The van der Waals surface area contributed by atoms with E-state index in [1.165, 1.54) is 0 Å². The fourth-order valence-electron chi connectivity index (χ4n) is 3.89. The summed E-state index contributed by atoms with van der Waals surface area (Å²) in [7, 11) is 0. The topological polar surface area (TPSA) is 20.3 Å². The molecule has 1 aliphatic carbocycles. The van der Waals surface area contributed by atoms with Gasteiger partial charge in [0.15, 0.2) is 18.5 Å². The summed E-state index contributed by atoms with van der Waals surface area (Å²) in [4.78, 5) is 14.9. The molecule has 0 aromatic heterocycles. The van der Waals surface area contributed by atoms with Gasteiger partial charge in [0.25, 0.3) is 0 Å². The Balaban J connectivity index is 2.29. The predicted molar refractivity (Wildman–Crippen MR) is 86.2 cm³/mol. The summed E-state index contributed by atoms with van der Waals surface area (Å²) in [5.41, 5.74) is -0.802. The van der Waals surface area contributed by atoms with Crippen LogP contribution in [-0.2, 0) is 4.79 Å². The van der Waals surface area contributed by atoms with Crippen LogP contribution >= 0.6 is 0 Å². The first-order chi connectivity index (χ1) is 11.3. The Morgan fingerprint density at radius 3 is 1.80 bits per heavy atom. The van der Waals surface area contributed by atoms with Crippen molar-refractivity contribution in [3.8, 4) is 0 Å². The first-order valence-corrected chi connectivity index (χ1v) is 8.78. The molecular weight excluding hydrogens is 341 g/mol. The van der Waals surface area contributed by atoms with Crippen molar-refractivity contribution in [3.05, 3.63) is 0 Å². The highest BCUT2D eigenvalue weighted by molar-refractivity contribution is 5.86. The zero-order chi connectivity index (χ0) is 19.3. The van der Waals surface area contributed by atoms with Crippen molar-refractivity contribution in [1.29, 1.82) is 0 Å². The van der Waals surface area contributed by atoms with Gasteiger partial charge < -0.3 is 0 Å².